The molecule has 0 bridgehead atoms. The smallest absolute Gasteiger partial charge is 0.437 e. The van der Waals surface area contributed by atoms with Crippen molar-refractivity contribution in [2.24, 2.45) is 0 Å². The van der Waals surface area contributed by atoms with Crippen molar-refractivity contribution in [3.05, 3.63) is 29.8 Å². The number of fused-ring (bicyclic) bond motifs is 1. The summed E-state index contributed by atoms with van der Waals surface area (Å²) < 4.78 is 10.5. The summed E-state index contributed by atoms with van der Waals surface area (Å²) in [6.07, 6.45) is 1.11. The largest absolute Gasteiger partial charge is 0.514 e. The lowest BCUT2D eigenvalue weighted by molar-refractivity contribution is 0.119. The number of carbonyl (C=O) groups is 1. The van der Waals surface area contributed by atoms with Crippen LogP contribution in [-0.2, 0) is 4.74 Å². The Morgan fingerprint density at radius 3 is 2.82 bits per heavy atom. The van der Waals surface area contributed by atoms with E-state index in [0.29, 0.717) is 5.52 Å². The van der Waals surface area contributed by atoms with Crippen molar-refractivity contribution in [1.82, 2.24) is 4.57 Å². The van der Waals surface area contributed by atoms with E-state index in [1.165, 1.54) is 11.7 Å². The summed E-state index contributed by atoms with van der Waals surface area (Å²) in [5.41, 5.74) is 1.73. The van der Waals surface area contributed by atoms with Gasteiger partial charge in [-0.15, -0.1) is 0 Å². The third-order valence-corrected chi connectivity index (χ3v) is 2.38. The zero-order valence-corrected chi connectivity index (χ0v) is 9.43. The number of carbonyl (C=O) groups excluding carboxylic acids is 1. The lowest BCUT2D eigenvalue weighted by atomic mass is 10.2. The molecule has 0 atom stereocenters. The Morgan fingerprint density at radius 1 is 1.41 bits per heavy atom. The Balaban J connectivity index is 2.57. The fourth-order valence-corrected chi connectivity index (χ4v) is 1.59. The van der Waals surface area contributed by atoms with Gasteiger partial charge in [0.05, 0.1) is 12.6 Å². The quantitative estimate of drug-likeness (QED) is 0.706. The zero-order chi connectivity index (χ0) is 12.4. The predicted octanol–water partition coefficient (Wildman–Crippen LogP) is 2.42. The standard InChI is InChI=1S/C12H10N2O3/c1-8-3-4-9-6-11(17-12(15)16-2)14(7-13)10(9)5-8/h3-6H,1-2H3. The van der Waals surface area contributed by atoms with E-state index in [1.54, 1.807) is 6.07 Å². The Morgan fingerprint density at radius 2 is 2.18 bits per heavy atom. The van der Waals surface area contributed by atoms with Gasteiger partial charge in [-0.25, -0.2) is 9.36 Å². The molecule has 1 aromatic carbocycles. The van der Waals surface area contributed by atoms with Crippen molar-refractivity contribution in [2.45, 2.75) is 6.92 Å². The maximum absolute atomic E-state index is 11.0. The molecule has 5 nitrogen and oxygen atoms in total. The lowest BCUT2D eigenvalue weighted by Gasteiger charge is -2.01. The minimum absolute atomic E-state index is 0.153. The number of ether oxygens (including phenoxy) is 2. The highest BCUT2D eigenvalue weighted by molar-refractivity contribution is 5.84. The van der Waals surface area contributed by atoms with Crippen LogP contribution in [0.15, 0.2) is 24.3 Å². The van der Waals surface area contributed by atoms with Crippen LogP contribution in [0.1, 0.15) is 5.56 Å². The van der Waals surface area contributed by atoms with Crippen molar-refractivity contribution in [3.63, 3.8) is 0 Å². The molecule has 0 fully saturated rings. The van der Waals surface area contributed by atoms with Crippen LogP contribution in [0.3, 0.4) is 0 Å². The molecule has 0 aliphatic rings. The summed E-state index contributed by atoms with van der Waals surface area (Å²) in [6, 6.07) is 7.26. The highest BCUT2D eigenvalue weighted by atomic mass is 16.7. The number of methoxy groups -OCH3 is 1. The average molecular weight is 230 g/mol. The first-order valence-corrected chi connectivity index (χ1v) is 4.93. The highest BCUT2D eigenvalue weighted by Crippen LogP contribution is 2.25. The van der Waals surface area contributed by atoms with Crippen LogP contribution in [0, 0.1) is 18.4 Å². The van der Waals surface area contributed by atoms with Gasteiger partial charge in [-0.05, 0) is 18.6 Å². The summed E-state index contributed by atoms with van der Waals surface area (Å²) in [5.74, 6) is 0.153. The molecule has 0 amide bonds. The molecule has 0 N–H and O–H groups in total. The number of benzene rings is 1. The van der Waals surface area contributed by atoms with Crippen molar-refractivity contribution in [2.75, 3.05) is 7.11 Å². The summed E-state index contributed by atoms with van der Waals surface area (Å²) in [4.78, 5) is 11.0. The lowest BCUT2D eigenvalue weighted by Crippen LogP contribution is -2.09. The van der Waals surface area contributed by atoms with E-state index in [0.717, 1.165) is 10.9 Å². The average Bonchev–Trinajstić information content (AvgIpc) is 2.65. The van der Waals surface area contributed by atoms with E-state index in [2.05, 4.69) is 4.74 Å². The van der Waals surface area contributed by atoms with Crippen LogP contribution >= 0.6 is 0 Å². The van der Waals surface area contributed by atoms with E-state index in [-0.39, 0.29) is 5.88 Å². The van der Waals surface area contributed by atoms with Gasteiger partial charge in [0.25, 0.3) is 0 Å². The topological polar surface area (TPSA) is 64.2 Å². The molecular formula is C12H10N2O3. The third-order valence-electron chi connectivity index (χ3n) is 2.38. The maximum Gasteiger partial charge on any atom is 0.514 e. The number of nitriles is 1. The van der Waals surface area contributed by atoms with Crippen molar-refractivity contribution in [1.29, 1.82) is 5.26 Å². The van der Waals surface area contributed by atoms with Crippen LogP contribution in [-0.4, -0.2) is 17.8 Å². The Labute approximate surface area is 97.8 Å². The molecule has 0 unspecified atom stereocenters. The first-order chi connectivity index (χ1) is 8.15. The van der Waals surface area contributed by atoms with Crippen LogP contribution < -0.4 is 4.74 Å². The molecule has 0 aliphatic heterocycles. The summed E-state index contributed by atoms with van der Waals surface area (Å²) >= 11 is 0. The molecule has 5 heteroatoms. The summed E-state index contributed by atoms with van der Waals surface area (Å²) in [6.45, 7) is 1.93. The molecule has 0 spiro atoms. The van der Waals surface area contributed by atoms with Crippen molar-refractivity contribution >= 4 is 17.1 Å². The maximum atomic E-state index is 11.0. The van der Waals surface area contributed by atoms with E-state index in [9.17, 15) is 4.79 Å². The SMILES string of the molecule is COC(=O)Oc1cc2ccc(C)cc2n1C#N. The van der Waals surface area contributed by atoms with Crippen LogP contribution in [0.5, 0.6) is 5.88 Å². The third kappa shape index (κ3) is 1.93. The van der Waals surface area contributed by atoms with Crippen LogP contribution in [0.25, 0.3) is 10.9 Å². The van der Waals surface area contributed by atoms with Gasteiger partial charge in [0.2, 0.25) is 5.88 Å². The van der Waals surface area contributed by atoms with Crippen LogP contribution in [0.4, 0.5) is 4.79 Å². The highest BCUT2D eigenvalue weighted by Gasteiger charge is 2.13. The fraction of sp³-hybridized carbons (Fsp3) is 0.167. The van der Waals surface area contributed by atoms with Gasteiger partial charge in [0.15, 0.2) is 6.19 Å². The van der Waals surface area contributed by atoms with Gasteiger partial charge in [0, 0.05) is 11.5 Å². The number of hydrogen-bond acceptors (Lipinski definition) is 4. The van der Waals surface area contributed by atoms with E-state index < -0.39 is 6.16 Å². The first kappa shape index (κ1) is 11.0. The van der Waals surface area contributed by atoms with Crippen molar-refractivity contribution < 1.29 is 14.3 Å². The minimum Gasteiger partial charge on any atom is -0.437 e. The number of hydrogen-bond donors (Lipinski definition) is 0. The van der Waals surface area contributed by atoms with Gasteiger partial charge >= 0.3 is 6.16 Å². The molecule has 2 aromatic rings. The second-order valence-electron chi connectivity index (χ2n) is 3.54. The molecule has 2 rings (SSSR count). The van der Waals surface area contributed by atoms with E-state index >= 15 is 0 Å². The molecular weight excluding hydrogens is 220 g/mol. The van der Waals surface area contributed by atoms with Gasteiger partial charge in [-0.3, -0.25) is 0 Å². The fourth-order valence-electron chi connectivity index (χ4n) is 1.59. The normalized spacial score (nSPS) is 9.94. The number of rotatable bonds is 1. The predicted molar refractivity (Wildman–Crippen MR) is 60.7 cm³/mol. The van der Waals surface area contributed by atoms with Gasteiger partial charge in [0.1, 0.15) is 0 Å². The first-order valence-electron chi connectivity index (χ1n) is 4.93. The Hall–Kier alpha value is -2.48. The van der Waals surface area contributed by atoms with Crippen LogP contribution in [0.2, 0.25) is 0 Å². The minimum atomic E-state index is -0.846. The van der Waals surface area contributed by atoms with Gasteiger partial charge < -0.3 is 9.47 Å². The molecule has 0 saturated carbocycles. The van der Waals surface area contributed by atoms with E-state index in [4.69, 9.17) is 10.00 Å². The summed E-state index contributed by atoms with van der Waals surface area (Å²) in [7, 11) is 1.21. The number of aryl methyl sites for hydroxylation is 1. The summed E-state index contributed by atoms with van der Waals surface area (Å²) in [5, 5.41) is 9.89. The van der Waals surface area contributed by atoms with Gasteiger partial charge in [-0.1, -0.05) is 12.1 Å². The molecule has 1 heterocycles. The molecule has 1 aromatic heterocycles. The monoisotopic (exact) mass is 230 g/mol. The number of aromatic nitrogens is 1. The second-order valence-corrected chi connectivity index (χ2v) is 3.54. The number of nitrogens with zero attached hydrogens (tertiary/aromatic N) is 2. The second kappa shape index (κ2) is 4.18. The molecule has 0 radical (unpaired) electrons. The molecule has 17 heavy (non-hydrogen) atoms. The molecule has 86 valence electrons. The Bertz CT molecular complexity index is 622. The van der Waals surface area contributed by atoms with Gasteiger partial charge in [-0.2, -0.15) is 5.26 Å². The van der Waals surface area contributed by atoms with E-state index in [1.807, 2.05) is 31.3 Å². The van der Waals surface area contributed by atoms with Crippen molar-refractivity contribution in [3.8, 4) is 12.1 Å². The molecule has 0 saturated heterocycles. The zero-order valence-electron chi connectivity index (χ0n) is 9.43. The molecule has 0 aliphatic carbocycles. The Kier molecular flexibility index (Phi) is 2.71.